The highest BCUT2D eigenvalue weighted by Gasteiger charge is 2.91. The molecule has 6 rings (SSSR count). The van der Waals surface area contributed by atoms with Gasteiger partial charge in [-0.25, -0.2) is 0 Å². The molecule has 1 heterocycles. The number of fused-ring (bicyclic) bond motifs is 2. The summed E-state index contributed by atoms with van der Waals surface area (Å²) in [5.74, 6) is -0.889. The number of ether oxygens (including phenoxy) is 3. The van der Waals surface area contributed by atoms with Gasteiger partial charge in [0.25, 0.3) is 0 Å². The molecule has 4 N–H and O–H groups in total. The van der Waals surface area contributed by atoms with Crippen molar-refractivity contribution in [1.82, 2.24) is 4.90 Å². The molecule has 3 unspecified atom stereocenters. The molecule has 0 aromatic heterocycles. The Morgan fingerprint density at radius 2 is 1.84 bits per heavy atom. The van der Waals surface area contributed by atoms with Crippen molar-refractivity contribution in [2.24, 2.45) is 34.5 Å². The zero-order valence-electron chi connectivity index (χ0n) is 19.6. The van der Waals surface area contributed by atoms with Crippen LogP contribution in [0.1, 0.15) is 32.6 Å². The van der Waals surface area contributed by atoms with Gasteiger partial charge in [-0.3, -0.25) is 4.90 Å². The average molecular weight is 454 g/mol. The molecule has 13 atom stereocenters. The van der Waals surface area contributed by atoms with Crippen LogP contribution in [0.15, 0.2) is 0 Å². The van der Waals surface area contributed by atoms with Crippen molar-refractivity contribution in [2.75, 3.05) is 41.0 Å². The third-order valence-corrected chi connectivity index (χ3v) is 11.2. The number of piperidine rings is 1. The van der Waals surface area contributed by atoms with Crippen LogP contribution in [0.25, 0.3) is 0 Å². The van der Waals surface area contributed by atoms with Crippen LogP contribution in [0.2, 0.25) is 0 Å². The van der Waals surface area contributed by atoms with Gasteiger partial charge in [-0.1, -0.05) is 6.92 Å². The summed E-state index contributed by atoms with van der Waals surface area (Å²) in [7, 11) is 4.95. The predicted octanol–water partition coefficient (Wildman–Crippen LogP) is -0.383. The second-order valence-corrected chi connectivity index (χ2v) is 11.7. The fourth-order valence-corrected chi connectivity index (χ4v) is 10.7. The van der Waals surface area contributed by atoms with Crippen molar-refractivity contribution in [2.45, 2.75) is 74.3 Å². The van der Waals surface area contributed by atoms with Crippen molar-refractivity contribution in [1.29, 1.82) is 0 Å². The summed E-state index contributed by atoms with van der Waals surface area (Å²) >= 11 is 0. The van der Waals surface area contributed by atoms with Crippen LogP contribution in [0.3, 0.4) is 0 Å². The highest BCUT2D eigenvalue weighted by Crippen LogP contribution is 2.80. The average Bonchev–Trinajstić information content (AvgIpc) is 3.14. The normalized spacial score (nSPS) is 62.4. The third kappa shape index (κ3) is 1.99. The molecular weight excluding hydrogens is 414 g/mol. The van der Waals surface area contributed by atoms with E-state index in [1.807, 2.05) is 0 Å². The van der Waals surface area contributed by atoms with Gasteiger partial charge >= 0.3 is 0 Å². The molecule has 0 radical (unpaired) electrons. The summed E-state index contributed by atoms with van der Waals surface area (Å²) in [6, 6.07) is -0.442. The van der Waals surface area contributed by atoms with Gasteiger partial charge in [-0.05, 0) is 31.7 Å². The fraction of sp³-hybridized carbons (Fsp3) is 1.00. The van der Waals surface area contributed by atoms with Crippen LogP contribution < -0.4 is 0 Å². The summed E-state index contributed by atoms with van der Waals surface area (Å²) in [6.07, 6.45) is -0.0296. The van der Waals surface area contributed by atoms with Crippen LogP contribution in [-0.2, 0) is 14.2 Å². The van der Waals surface area contributed by atoms with Crippen LogP contribution in [0, 0.1) is 34.5 Å². The fourth-order valence-electron chi connectivity index (χ4n) is 10.7. The highest BCUT2D eigenvalue weighted by molar-refractivity contribution is 5.41. The standard InChI is InChI=1S/C24H39NO7/c1-5-25-10-21(11-30-2)7-6-15(26)23-13-8-12-14(31-3)9-22(28,16(13)17(12)27)24(29,20(23)25)19(32-4)18(21)23/h12-20,26-29H,5-11H2,1-4H3/t12-,13?,14+,15+,16?,17+,18?,19+,20-,21+,22-,23+,24+/m1/s1. The Morgan fingerprint density at radius 3 is 2.47 bits per heavy atom. The van der Waals surface area contributed by atoms with Crippen LogP contribution in [0.4, 0.5) is 0 Å². The van der Waals surface area contributed by atoms with Gasteiger partial charge in [-0.2, -0.15) is 0 Å². The first-order chi connectivity index (χ1) is 15.2. The Morgan fingerprint density at radius 1 is 1.09 bits per heavy atom. The number of aliphatic hydroxyl groups excluding tert-OH is 2. The molecule has 1 saturated heterocycles. The number of likely N-dealkylation sites (N-methyl/N-ethyl adjacent to an activating group) is 1. The predicted molar refractivity (Wildman–Crippen MR) is 114 cm³/mol. The molecule has 1 spiro atoms. The van der Waals surface area contributed by atoms with Crippen molar-refractivity contribution in [3.63, 3.8) is 0 Å². The van der Waals surface area contributed by atoms with Crippen LogP contribution >= 0.6 is 0 Å². The van der Waals surface area contributed by atoms with Gasteiger partial charge in [0.2, 0.25) is 0 Å². The van der Waals surface area contributed by atoms with E-state index in [-0.39, 0.29) is 35.7 Å². The molecule has 32 heavy (non-hydrogen) atoms. The lowest BCUT2D eigenvalue weighted by Crippen LogP contribution is -2.81. The maximum atomic E-state index is 12.8. The summed E-state index contributed by atoms with van der Waals surface area (Å²) in [6.45, 7) is 4.05. The van der Waals surface area contributed by atoms with Crippen LogP contribution in [-0.4, -0.2) is 108 Å². The molecule has 0 aromatic rings. The van der Waals surface area contributed by atoms with E-state index in [9.17, 15) is 20.4 Å². The molecule has 1 aliphatic heterocycles. The lowest BCUT2D eigenvalue weighted by atomic mass is 9.42. The zero-order chi connectivity index (χ0) is 22.8. The van der Waals surface area contributed by atoms with Gasteiger partial charge < -0.3 is 34.6 Å². The van der Waals surface area contributed by atoms with E-state index in [1.165, 1.54) is 0 Å². The Labute approximate surface area is 189 Å². The molecule has 5 saturated carbocycles. The number of rotatable bonds is 5. The Kier molecular flexibility index (Phi) is 4.62. The Bertz CT molecular complexity index is 798. The maximum absolute atomic E-state index is 12.8. The van der Waals surface area contributed by atoms with Crippen molar-refractivity contribution >= 4 is 0 Å². The first kappa shape index (κ1) is 22.2. The summed E-state index contributed by atoms with van der Waals surface area (Å²) in [5, 5.41) is 48.5. The number of nitrogens with zero attached hydrogens (tertiary/aromatic N) is 1. The number of methoxy groups -OCH3 is 3. The van der Waals surface area contributed by atoms with Crippen molar-refractivity contribution in [3.8, 4) is 0 Å². The summed E-state index contributed by atoms with van der Waals surface area (Å²) < 4.78 is 17.7. The Balaban J connectivity index is 1.67. The van der Waals surface area contributed by atoms with E-state index in [1.54, 1.807) is 21.3 Å². The quantitative estimate of drug-likeness (QED) is 0.446. The maximum Gasteiger partial charge on any atom is 0.136 e. The lowest BCUT2D eigenvalue weighted by Gasteiger charge is -2.69. The Hall–Kier alpha value is -0.320. The molecule has 0 amide bonds. The minimum atomic E-state index is -1.63. The van der Waals surface area contributed by atoms with Gasteiger partial charge in [0, 0.05) is 62.9 Å². The van der Waals surface area contributed by atoms with Gasteiger partial charge in [0.15, 0.2) is 0 Å². The minimum absolute atomic E-state index is 0.102. The zero-order valence-corrected chi connectivity index (χ0v) is 19.6. The van der Waals surface area contributed by atoms with Crippen molar-refractivity contribution in [3.05, 3.63) is 0 Å². The third-order valence-electron chi connectivity index (χ3n) is 11.2. The van der Waals surface area contributed by atoms with Gasteiger partial charge in [0.1, 0.15) is 11.2 Å². The number of likely N-dealkylation sites (tertiary alicyclic amines) is 1. The first-order valence-electron chi connectivity index (χ1n) is 12.3. The summed E-state index contributed by atoms with van der Waals surface area (Å²) in [5.41, 5.74) is -4.15. The van der Waals surface area contributed by atoms with E-state index in [4.69, 9.17) is 14.2 Å². The molecule has 7 bridgehead atoms. The SMILES string of the molecule is CCN1C[C@]2(COC)CC[C@H](O)[C@]34C5C[C@@H]6[C@@H](OC)C[C@@](O)(C5[C@H]6O)[C@@](O)([C@H]13)[C@@H](OC)C24. The second-order valence-electron chi connectivity index (χ2n) is 11.7. The molecule has 8 heteroatoms. The first-order valence-corrected chi connectivity index (χ1v) is 12.3. The van der Waals surface area contributed by atoms with E-state index < -0.39 is 46.9 Å². The summed E-state index contributed by atoms with van der Waals surface area (Å²) in [4.78, 5) is 2.28. The van der Waals surface area contributed by atoms with Crippen molar-refractivity contribution < 1.29 is 34.6 Å². The molecule has 6 fully saturated rings. The van der Waals surface area contributed by atoms with Gasteiger partial charge in [0.05, 0.1) is 37.1 Å². The van der Waals surface area contributed by atoms with E-state index >= 15 is 0 Å². The van der Waals surface area contributed by atoms with Gasteiger partial charge in [-0.15, -0.1) is 0 Å². The molecule has 6 aliphatic rings. The molecule has 182 valence electrons. The van der Waals surface area contributed by atoms with E-state index in [0.717, 1.165) is 13.0 Å². The monoisotopic (exact) mass is 453 g/mol. The number of hydrogen-bond acceptors (Lipinski definition) is 8. The second kappa shape index (κ2) is 6.66. The topological polar surface area (TPSA) is 112 Å². The molecule has 8 nitrogen and oxygen atoms in total. The minimum Gasteiger partial charge on any atom is -0.392 e. The number of hydrogen-bond donors (Lipinski definition) is 4. The van der Waals surface area contributed by atoms with Crippen LogP contribution in [0.5, 0.6) is 0 Å². The highest BCUT2D eigenvalue weighted by atomic mass is 16.5. The smallest absolute Gasteiger partial charge is 0.136 e. The van der Waals surface area contributed by atoms with E-state index in [0.29, 0.717) is 26.0 Å². The number of aliphatic hydroxyl groups is 4. The van der Waals surface area contributed by atoms with E-state index in [2.05, 4.69) is 11.8 Å². The molecular formula is C24H39NO7. The largest absolute Gasteiger partial charge is 0.392 e. The molecule has 5 aliphatic carbocycles. The molecule has 0 aromatic carbocycles. The lowest BCUT2D eigenvalue weighted by molar-refractivity contribution is -0.317.